The minimum Gasteiger partial charge on any atom is -0.293 e. The molecule has 23 heavy (non-hydrogen) atoms. The van der Waals surface area contributed by atoms with Crippen molar-refractivity contribution in [2.45, 2.75) is 37.1 Å². The van der Waals surface area contributed by atoms with Crippen LogP contribution in [0, 0.1) is 0 Å². The van der Waals surface area contributed by atoms with Gasteiger partial charge in [-0.15, -0.1) is 10.2 Å². The number of carbonyl (C=O) groups is 1. The Labute approximate surface area is 139 Å². The van der Waals surface area contributed by atoms with Crippen LogP contribution in [0.5, 0.6) is 0 Å². The van der Waals surface area contributed by atoms with E-state index in [1.54, 1.807) is 0 Å². The van der Waals surface area contributed by atoms with Crippen LogP contribution in [0.2, 0.25) is 0 Å². The summed E-state index contributed by atoms with van der Waals surface area (Å²) in [7, 11) is 0. The third kappa shape index (κ3) is 3.45. The van der Waals surface area contributed by atoms with E-state index < -0.39 is 0 Å². The highest BCUT2D eigenvalue weighted by molar-refractivity contribution is 8.00. The molecule has 0 bridgehead atoms. The number of fused-ring (bicyclic) bond motifs is 1. The summed E-state index contributed by atoms with van der Waals surface area (Å²) in [6, 6.07) is 13.7. The van der Waals surface area contributed by atoms with E-state index in [0.717, 1.165) is 29.2 Å². The van der Waals surface area contributed by atoms with Gasteiger partial charge in [0, 0.05) is 11.8 Å². The normalized spacial score (nSPS) is 12.4. The van der Waals surface area contributed by atoms with Crippen LogP contribution in [-0.4, -0.2) is 25.6 Å². The quantitative estimate of drug-likeness (QED) is 0.507. The topological polar surface area (TPSA) is 47.3 Å². The minimum absolute atomic E-state index is 0.116. The Kier molecular flexibility index (Phi) is 4.76. The Balaban J connectivity index is 1.74. The van der Waals surface area contributed by atoms with Crippen molar-refractivity contribution >= 4 is 23.2 Å². The lowest BCUT2D eigenvalue weighted by Crippen LogP contribution is -2.14. The summed E-state index contributed by atoms with van der Waals surface area (Å²) in [4.78, 5) is 12.6. The second kappa shape index (κ2) is 6.96. The predicted octanol–water partition coefficient (Wildman–Crippen LogP) is 4.05. The number of ketones is 1. The molecule has 0 saturated heterocycles. The summed E-state index contributed by atoms with van der Waals surface area (Å²) in [5.74, 6) is 0.116. The van der Waals surface area contributed by atoms with Crippen molar-refractivity contribution in [3.63, 3.8) is 0 Å². The largest absolute Gasteiger partial charge is 0.293 e. The molecule has 0 N–H and O–H groups in total. The van der Waals surface area contributed by atoms with Crippen LogP contribution in [0.1, 0.15) is 36.2 Å². The molecule has 4 nitrogen and oxygen atoms in total. The number of thioether (sulfide) groups is 1. The molecule has 0 radical (unpaired) electrons. The van der Waals surface area contributed by atoms with E-state index in [4.69, 9.17) is 0 Å². The van der Waals surface area contributed by atoms with Crippen LogP contribution < -0.4 is 0 Å². The van der Waals surface area contributed by atoms with Crippen molar-refractivity contribution in [1.29, 1.82) is 0 Å². The second-order valence-electron chi connectivity index (χ2n) is 5.48. The molecule has 5 heteroatoms. The number of benzene rings is 1. The zero-order valence-electron chi connectivity index (χ0n) is 13.3. The summed E-state index contributed by atoms with van der Waals surface area (Å²) < 4.78 is 1.90. The van der Waals surface area contributed by atoms with Gasteiger partial charge in [-0.05, 0) is 31.0 Å². The molecule has 1 aromatic carbocycles. The molecule has 1 atom stereocenters. The van der Waals surface area contributed by atoms with Gasteiger partial charge >= 0.3 is 0 Å². The van der Waals surface area contributed by atoms with Gasteiger partial charge in [0.15, 0.2) is 16.6 Å². The maximum absolute atomic E-state index is 12.6. The Morgan fingerprint density at radius 3 is 2.70 bits per heavy atom. The lowest BCUT2D eigenvalue weighted by atomic mass is 10.0. The lowest BCUT2D eigenvalue weighted by Gasteiger charge is -2.09. The maximum atomic E-state index is 12.6. The van der Waals surface area contributed by atoms with E-state index in [-0.39, 0.29) is 11.0 Å². The van der Waals surface area contributed by atoms with Gasteiger partial charge in [-0.3, -0.25) is 9.20 Å². The number of aromatic nitrogens is 3. The standard InChI is InChI=1S/C18H19N3OS/c1-3-6-14-8-10-15(11-9-14)17(22)13(2)23-18-20-19-16-7-4-5-12-21(16)18/h4-5,7-13H,3,6H2,1-2H3/t13-/m1/s1. The third-order valence-electron chi connectivity index (χ3n) is 3.71. The van der Waals surface area contributed by atoms with Crippen molar-refractivity contribution in [3.8, 4) is 0 Å². The maximum Gasteiger partial charge on any atom is 0.196 e. The SMILES string of the molecule is CCCc1ccc(C(=O)[C@@H](C)Sc2nnc3ccccn23)cc1. The zero-order valence-corrected chi connectivity index (χ0v) is 14.1. The number of carbonyl (C=O) groups excluding carboxylic acids is 1. The molecule has 0 fully saturated rings. The van der Waals surface area contributed by atoms with Gasteiger partial charge < -0.3 is 0 Å². The van der Waals surface area contributed by atoms with Crippen LogP contribution in [0.15, 0.2) is 53.8 Å². The molecule has 3 aromatic rings. The fourth-order valence-corrected chi connectivity index (χ4v) is 3.39. The molecule has 3 rings (SSSR count). The number of rotatable bonds is 6. The van der Waals surface area contributed by atoms with E-state index >= 15 is 0 Å². The highest BCUT2D eigenvalue weighted by Gasteiger charge is 2.19. The van der Waals surface area contributed by atoms with E-state index in [2.05, 4.69) is 17.1 Å². The number of Topliss-reactive ketones (excluding diaryl/α,β-unsaturated/α-hetero) is 1. The Bertz CT molecular complexity index is 811. The van der Waals surface area contributed by atoms with E-state index in [1.165, 1.54) is 17.3 Å². The van der Waals surface area contributed by atoms with Crippen LogP contribution in [0.4, 0.5) is 0 Å². The number of nitrogens with zero attached hydrogens (tertiary/aromatic N) is 3. The smallest absolute Gasteiger partial charge is 0.196 e. The number of hydrogen-bond acceptors (Lipinski definition) is 4. The van der Waals surface area contributed by atoms with Crippen LogP contribution in [-0.2, 0) is 6.42 Å². The van der Waals surface area contributed by atoms with Crippen LogP contribution >= 0.6 is 11.8 Å². The summed E-state index contributed by atoms with van der Waals surface area (Å²) in [5.41, 5.74) is 2.81. The molecule has 2 heterocycles. The van der Waals surface area contributed by atoms with Crippen LogP contribution in [0.3, 0.4) is 0 Å². The Morgan fingerprint density at radius 2 is 1.96 bits per heavy atom. The van der Waals surface area contributed by atoms with Gasteiger partial charge in [-0.2, -0.15) is 0 Å². The molecule has 0 unspecified atom stereocenters. The second-order valence-corrected chi connectivity index (χ2v) is 6.79. The predicted molar refractivity (Wildman–Crippen MR) is 93.1 cm³/mol. The molecular weight excluding hydrogens is 306 g/mol. The first-order valence-corrected chi connectivity index (χ1v) is 8.66. The molecule has 0 spiro atoms. The highest BCUT2D eigenvalue weighted by atomic mass is 32.2. The summed E-state index contributed by atoms with van der Waals surface area (Å²) >= 11 is 1.44. The molecule has 0 amide bonds. The van der Waals surface area contributed by atoms with Crippen molar-refractivity contribution in [1.82, 2.24) is 14.6 Å². The van der Waals surface area contributed by atoms with Gasteiger partial charge in [0.05, 0.1) is 5.25 Å². The molecule has 0 saturated carbocycles. The number of pyridine rings is 1. The number of hydrogen-bond donors (Lipinski definition) is 0. The Morgan fingerprint density at radius 1 is 1.17 bits per heavy atom. The van der Waals surface area contributed by atoms with Crippen molar-refractivity contribution < 1.29 is 4.79 Å². The minimum atomic E-state index is -0.209. The van der Waals surface area contributed by atoms with Crippen molar-refractivity contribution in [3.05, 3.63) is 59.8 Å². The fourth-order valence-electron chi connectivity index (χ4n) is 2.47. The lowest BCUT2D eigenvalue weighted by molar-refractivity contribution is 0.0994. The molecule has 0 aliphatic heterocycles. The average molecular weight is 325 g/mol. The summed E-state index contributed by atoms with van der Waals surface area (Å²) in [5, 5.41) is 8.82. The first-order chi connectivity index (χ1) is 11.2. The molecule has 118 valence electrons. The summed E-state index contributed by atoms with van der Waals surface area (Å²) in [6.45, 7) is 4.07. The number of aryl methyl sites for hydroxylation is 1. The average Bonchev–Trinajstić information content (AvgIpc) is 2.98. The zero-order chi connectivity index (χ0) is 16.2. The molecule has 2 aromatic heterocycles. The third-order valence-corrected chi connectivity index (χ3v) is 4.77. The Hall–Kier alpha value is -2.14. The van der Waals surface area contributed by atoms with Gasteiger partial charge in [-0.1, -0.05) is 55.4 Å². The van der Waals surface area contributed by atoms with E-state index in [1.807, 2.05) is 60.0 Å². The molecule has 0 aliphatic rings. The molecule has 0 aliphatic carbocycles. The molecular formula is C18H19N3OS. The monoisotopic (exact) mass is 325 g/mol. The van der Waals surface area contributed by atoms with Gasteiger partial charge in [0.1, 0.15) is 0 Å². The van der Waals surface area contributed by atoms with E-state index in [0.29, 0.717) is 0 Å². The van der Waals surface area contributed by atoms with Gasteiger partial charge in [-0.25, -0.2) is 0 Å². The summed E-state index contributed by atoms with van der Waals surface area (Å²) in [6.07, 6.45) is 4.07. The van der Waals surface area contributed by atoms with Crippen molar-refractivity contribution in [2.75, 3.05) is 0 Å². The highest BCUT2D eigenvalue weighted by Crippen LogP contribution is 2.24. The van der Waals surface area contributed by atoms with Gasteiger partial charge in [0.2, 0.25) is 0 Å². The van der Waals surface area contributed by atoms with Crippen molar-refractivity contribution in [2.24, 2.45) is 0 Å². The van der Waals surface area contributed by atoms with Gasteiger partial charge in [0.25, 0.3) is 0 Å². The van der Waals surface area contributed by atoms with Crippen LogP contribution in [0.25, 0.3) is 5.65 Å². The van der Waals surface area contributed by atoms with E-state index in [9.17, 15) is 4.79 Å². The first kappa shape index (κ1) is 15.7. The first-order valence-electron chi connectivity index (χ1n) is 7.78. The fraction of sp³-hybridized carbons (Fsp3) is 0.278.